The average molecular weight is 397 g/mol. The van der Waals surface area contributed by atoms with E-state index in [1.54, 1.807) is 0 Å². The second-order valence-corrected chi connectivity index (χ2v) is 7.05. The number of benzene rings is 1. The van der Waals surface area contributed by atoms with Crippen LogP contribution in [-0.2, 0) is 6.54 Å². The Labute approximate surface area is 150 Å². The van der Waals surface area contributed by atoms with Gasteiger partial charge in [0.15, 0.2) is 5.11 Å². The van der Waals surface area contributed by atoms with Crippen molar-refractivity contribution >= 4 is 33.3 Å². The molecule has 0 bridgehead atoms. The molecular weight excluding hydrogens is 376 g/mol. The normalized spacial score (nSPS) is 11.1. The van der Waals surface area contributed by atoms with Crippen molar-refractivity contribution < 1.29 is 4.42 Å². The van der Waals surface area contributed by atoms with Crippen LogP contribution in [-0.4, -0.2) is 32.3 Å². The Balaban J connectivity index is 2.16. The van der Waals surface area contributed by atoms with E-state index in [0.717, 1.165) is 10.0 Å². The van der Waals surface area contributed by atoms with Gasteiger partial charge in [0.2, 0.25) is 11.8 Å². The molecule has 0 amide bonds. The third-order valence-electron chi connectivity index (χ3n) is 3.17. The zero-order valence-electron chi connectivity index (χ0n) is 13.7. The summed E-state index contributed by atoms with van der Waals surface area (Å²) < 4.78 is 6.73. The van der Waals surface area contributed by atoms with Gasteiger partial charge in [-0.05, 0) is 68.0 Å². The first kappa shape index (κ1) is 17.9. The molecule has 1 heterocycles. The van der Waals surface area contributed by atoms with Crippen molar-refractivity contribution in [3.63, 3.8) is 0 Å². The Morgan fingerprint density at radius 1 is 1.26 bits per heavy atom. The minimum absolute atomic E-state index is 0.229. The molecule has 0 aliphatic carbocycles. The lowest BCUT2D eigenvalue weighted by atomic mass is 10.2. The first-order valence-electron chi connectivity index (χ1n) is 7.53. The van der Waals surface area contributed by atoms with Crippen molar-refractivity contribution in [1.82, 2.24) is 20.4 Å². The Bertz CT molecular complexity index is 672. The van der Waals surface area contributed by atoms with Crippen molar-refractivity contribution in [2.75, 3.05) is 0 Å². The summed E-state index contributed by atoms with van der Waals surface area (Å²) in [6.07, 6.45) is 0. The third-order valence-corrected chi connectivity index (χ3v) is 4.22. The number of rotatable bonds is 5. The van der Waals surface area contributed by atoms with Gasteiger partial charge < -0.3 is 14.6 Å². The topological polar surface area (TPSA) is 54.2 Å². The zero-order valence-corrected chi connectivity index (χ0v) is 16.1. The summed E-state index contributed by atoms with van der Waals surface area (Å²) in [4.78, 5) is 2.03. The minimum atomic E-state index is 0.229. The van der Waals surface area contributed by atoms with Gasteiger partial charge in [-0.25, -0.2) is 0 Å². The van der Waals surface area contributed by atoms with Crippen LogP contribution < -0.4 is 5.32 Å². The summed E-state index contributed by atoms with van der Waals surface area (Å²) in [5.74, 6) is 1.04. The molecule has 0 saturated heterocycles. The Hall–Kier alpha value is -1.47. The zero-order chi connectivity index (χ0) is 17.0. The summed E-state index contributed by atoms with van der Waals surface area (Å²) >= 11 is 8.96. The molecule has 0 aliphatic rings. The SMILES string of the molecule is CC(C)NC(=S)N(Cc1nnc(-c2ccccc2Br)o1)C(C)C. The lowest BCUT2D eigenvalue weighted by molar-refractivity contribution is 0.299. The van der Waals surface area contributed by atoms with Gasteiger partial charge in [0.25, 0.3) is 0 Å². The quantitative estimate of drug-likeness (QED) is 0.770. The first-order valence-corrected chi connectivity index (χ1v) is 8.73. The number of hydrogen-bond acceptors (Lipinski definition) is 4. The smallest absolute Gasteiger partial charge is 0.248 e. The number of hydrogen-bond donors (Lipinski definition) is 1. The summed E-state index contributed by atoms with van der Waals surface area (Å²) in [7, 11) is 0. The second-order valence-electron chi connectivity index (χ2n) is 5.81. The Morgan fingerprint density at radius 2 is 1.96 bits per heavy atom. The van der Waals surface area contributed by atoms with E-state index in [1.165, 1.54) is 0 Å². The molecule has 0 radical (unpaired) electrons. The molecule has 1 aromatic heterocycles. The van der Waals surface area contributed by atoms with E-state index in [9.17, 15) is 0 Å². The van der Waals surface area contributed by atoms with Gasteiger partial charge in [0.05, 0.1) is 12.1 Å². The second kappa shape index (κ2) is 7.88. The average Bonchev–Trinajstić information content (AvgIpc) is 2.92. The first-order chi connectivity index (χ1) is 10.9. The molecule has 7 heteroatoms. The van der Waals surface area contributed by atoms with Crippen LogP contribution in [0.25, 0.3) is 11.5 Å². The number of aromatic nitrogens is 2. The van der Waals surface area contributed by atoms with Gasteiger partial charge in [-0.3, -0.25) is 0 Å². The third kappa shape index (κ3) is 4.75. The van der Waals surface area contributed by atoms with Gasteiger partial charge >= 0.3 is 0 Å². The summed E-state index contributed by atoms with van der Waals surface area (Å²) in [5, 5.41) is 12.2. The largest absolute Gasteiger partial charge is 0.419 e. The van der Waals surface area contributed by atoms with Gasteiger partial charge in [-0.2, -0.15) is 0 Å². The van der Waals surface area contributed by atoms with Crippen LogP contribution in [0.4, 0.5) is 0 Å². The van der Waals surface area contributed by atoms with Crippen LogP contribution in [0.5, 0.6) is 0 Å². The monoisotopic (exact) mass is 396 g/mol. The predicted molar refractivity (Wildman–Crippen MR) is 99.0 cm³/mol. The maximum atomic E-state index is 5.81. The maximum Gasteiger partial charge on any atom is 0.248 e. The predicted octanol–water partition coefficient (Wildman–Crippen LogP) is 3.99. The van der Waals surface area contributed by atoms with Gasteiger partial charge in [0.1, 0.15) is 0 Å². The molecule has 1 N–H and O–H groups in total. The lowest BCUT2D eigenvalue weighted by Crippen LogP contribution is -2.45. The van der Waals surface area contributed by atoms with Crippen molar-refractivity contribution in [2.45, 2.75) is 46.3 Å². The lowest BCUT2D eigenvalue weighted by Gasteiger charge is -2.29. The maximum absolute atomic E-state index is 5.81. The van der Waals surface area contributed by atoms with E-state index in [1.807, 2.05) is 29.2 Å². The van der Waals surface area contributed by atoms with E-state index in [-0.39, 0.29) is 12.1 Å². The van der Waals surface area contributed by atoms with Crippen LogP contribution in [0.1, 0.15) is 33.6 Å². The Morgan fingerprint density at radius 3 is 2.57 bits per heavy atom. The van der Waals surface area contributed by atoms with Crippen molar-refractivity contribution in [1.29, 1.82) is 0 Å². The molecule has 5 nitrogen and oxygen atoms in total. The Kier molecular flexibility index (Phi) is 6.12. The number of halogens is 1. The number of nitrogens with zero attached hydrogens (tertiary/aromatic N) is 3. The molecule has 0 atom stereocenters. The highest BCUT2D eigenvalue weighted by Gasteiger charge is 2.19. The molecule has 2 aromatic rings. The van der Waals surface area contributed by atoms with Crippen LogP contribution in [0.15, 0.2) is 33.2 Å². The van der Waals surface area contributed by atoms with E-state index in [2.05, 4.69) is 59.1 Å². The molecule has 23 heavy (non-hydrogen) atoms. The van der Waals surface area contributed by atoms with Crippen molar-refractivity contribution in [3.05, 3.63) is 34.6 Å². The van der Waals surface area contributed by atoms with Gasteiger partial charge in [-0.1, -0.05) is 12.1 Å². The molecule has 1 aromatic carbocycles. The molecule has 0 aliphatic heterocycles. The fourth-order valence-electron chi connectivity index (χ4n) is 2.03. The van der Waals surface area contributed by atoms with E-state index >= 15 is 0 Å². The van der Waals surface area contributed by atoms with Crippen molar-refractivity contribution in [3.8, 4) is 11.5 Å². The van der Waals surface area contributed by atoms with Crippen LogP contribution >= 0.6 is 28.1 Å². The molecule has 124 valence electrons. The summed E-state index contributed by atoms with van der Waals surface area (Å²) in [6.45, 7) is 8.76. The highest BCUT2D eigenvalue weighted by Crippen LogP contribution is 2.27. The van der Waals surface area contributed by atoms with E-state index < -0.39 is 0 Å². The summed E-state index contributed by atoms with van der Waals surface area (Å²) in [5.41, 5.74) is 0.880. The highest BCUT2D eigenvalue weighted by atomic mass is 79.9. The van der Waals surface area contributed by atoms with Crippen LogP contribution in [0.2, 0.25) is 0 Å². The fraction of sp³-hybridized carbons (Fsp3) is 0.438. The van der Waals surface area contributed by atoms with Gasteiger partial charge in [0, 0.05) is 16.6 Å². The molecular formula is C16H21BrN4OS. The number of nitrogens with one attached hydrogen (secondary N) is 1. The van der Waals surface area contributed by atoms with E-state index in [0.29, 0.717) is 23.4 Å². The fourth-order valence-corrected chi connectivity index (χ4v) is 2.99. The molecule has 0 fully saturated rings. The standard InChI is InChI=1S/C16H21BrN4OS/c1-10(2)18-16(23)21(11(3)4)9-14-19-20-15(22-14)12-7-5-6-8-13(12)17/h5-8,10-11H,9H2,1-4H3,(H,18,23). The van der Waals surface area contributed by atoms with E-state index in [4.69, 9.17) is 16.6 Å². The molecule has 0 spiro atoms. The van der Waals surface area contributed by atoms with Crippen LogP contribution in [0.3, 0.4) is 0 Å². The van der Waals surface area contributed by atoms with Gasteiger partial charge in [-0.15, -0.1) is 10.2 Å². The molecule has 2 rings (SSSR count). The minimum Gasteiger partial charge on any atom is -0.419 e. The molecule has 0 saturated carbocycles. The number of thiocarbonyl (C=S) groups is 1. The molecule has 0 unspecified atom stereocenters. The highest BCUT2D eigenvalue weighted by molar-refractivity contribution is 9.10. The van der Waals surface area contributed by atoms with Crippen molar-refractivity contribution in [2.24, 2.45) is 0 Å². The van der Waals surface area contributed by atoms with Crippen LogP contribution in [0, 0.1) is 0 Å². The summed E-state index contributed by atoms with van der Waals surface area (Å²) in [6, 6.07) is 8.27.